The summed E-state index contributed by atoms with van der Waals surface area (Å²) < 4.78 is 127. The Balaban J connectivity index is 3.27. The van der Waals surface area contributed by atoms with Gasteiger partial charge in [-0.05, 0) is 24.0 Å². The van der Waals surface area contributed by atoms with Crippen LogP contribution in [0.5, 0.6) is 0 Å². The zero-order chi connectivity index (χ0) is 26.5. The molecule has 0 amide bonds. The van der Waals surface area contributed by atoms with Crippen molar-refractivity contribution in [2.24, 2.45) is 11.8 Å². The average molecular weight is 543 g/mol. The van der Waals surface area contributed by atoms with E-state index in [2.05, 4.69) is 4.98 Å². The van der Waals surface area contributed by atoms with Crippen molar-refractivity contribution in [1.29, 1.82) is 0 Å². The quantitative estimate of drug-likeness (QED) is 0.394. The summed E-state index contributed by atoms with van der Waals surface area (Å²) in [4.78, 5) is 5.43. The highest BCUT2D eigenvalue weighted by atomic mass is 32.2. The van der Waals surface area contributed by atoms with Gasteiger partial charge < -0.3 is 0 Å². The van der Waals surface area contributed by atoms with Crippen molar-refractivity contribution in [1.82, 2.24) is 19.3 Å². The molecule has 0 saturated heterocycles. The SMILES string of the molecule is CC(C)[C@@H](CN(Cc1ccccn1)C[C@@H](NS(=O)(=O)C(F)(F)F)C(C)C)NS(=O)(=O)C(F)(F)F. The summed E-state index contributed by atoms with van der Waals surface area (Å²) in [6.07, 6.45) is 1.42. The van der Waals surface area contributed by atoms with Crippen LogP contribution in [0.3, 0.4) is 0 Å². The van der Waals surface area contributed by atoms with Crippen molar-refractivity contribution in [2.75, 3.05) is 13.1 Å². The van der Waals surface area contributed by atoms with Crippen molar-refractivity contribution in [3.8, 4) is 0 Å². The molecule has 2 N–H and O–H groups in total. The van der Waals surface area contributed by atoms with Crippen LogP contribution < -0.4 is 9.44 Å². The molecule has 0 aliphatic carbocycles. The average Bonchev–Trinajstić information content (AvgIpc) is 2.65. The molecule has 8 nitrogen and oxygen atoms in total. The minimum atomic E-state index is -5.71. The van der Waals surface area contributed by atoms with Crippen LogP contribution in [-0.4, -0.2) is 62.9 Å². The minimum absolute atomic E-state index is 0.0885. The molecule has 1 aromatic rings. The first-order valence-electron chi connectivity index (χ1n) is 10.1. The number of halogens is 6. The molecule has 0 spiro atoms. The molecule has 198 valence electrons. The van der Waals surface area contributed by atoms with Crippen LogP contribution in [0.15, 0.2) is 24.4 Å². The van der Waals surface area contributed by atoms with E-state index in [9.17, 15) is 43.2 Å². The summed E-state index contributed by atoms with van der Waals surface area (Å²) in [5.41, 5.74) is -10.7. The van der Waals surface area contributed by atoms with E-state index in [4.69, 9.17) is 0 Å². The molecular formula is C18H28F6N4O4S2. The molecule has 1 aromatic heterocycles. The van der Waals surface area contributed by atoms with Gasteiger partial charge in [-0.2, -0.15) is 26.3 Å². The zero-order valence-corrected chi connectivity index (χ0v) is 20.5. The van der Waals surface area contributed by atoms with Crippen LogP contribution in [-0.2, 0) is 26.6 Å². The third-order valence-corrected chi connectivity index (χ3v) is 7.30. The summed E-state index contributed by atoms with van der Waals surface area (Å²) in [5, 5.41) is 0. The third kappa shape index (κ3) is 8.94. The number of alkyl halides is 6. The first-order chi connectivity index (χ1) is 15.3. The van der Waals surface area contributed by atoms with Crippen LogP contribution >= 0.6 is 0 Å². The highest BCUT2D eigenvalue weighted by Gasteiger charge is 2.48. The molecule has 0 saturated carbocycles. The van der Waals surface area contributed by atoms with E-state index in [1.54, 1.807) is 27.6 Å². The van der Waals surface area contributed by atoms with Crippen molar-refractivity contribution in [3.63, 3.8) is 0 Å². The first-order valence-corrected chi connectivity index (χ1v) is 13.0. The smallest absolute Gasteiger partial charge is 0.294 e. The largest absolute Gasteiger partial charge is 0.511 e. The molecule has 0 radical (unpaired) electrons. The maximum atomic E-state index is 12.9. The molecule has 0 aliphatic rings. The number of nitrogens with one attached hydrogen (secondary N) is 2. The van der Waals surface area contributed by atoms with Gasteiger partial charge in [0.2, 0.25) is 0 Å². The second-order valence-corrected chi connectivity index (χ2v) is 11.8. The van der Waals surface area contributed by atoms with Gasteiger partial charge in [-0.25, -0.2) is 26.3 Å². The highest BCUT2D eigenvalue weighted by Crippen LogP contribution is 2.25. The number of hydrogen-bond acceptors (Lipinski definition) is 6. The minimum Gasteiger partial charge on any atom is -0.294 e. The van der Waals surface area contributed by atoms with Crippen LogP contribution in [0.4, 0.5) is 26.3 Å². The van der Waals surface area contributed by atoms with Crippen molar-refractivity contribution >= 4 is 20.0 Å². The normalized spacial score (nSPS) is 15.8. The molecule has 1 heterocycles. The topological polar surface area (TPSA) is 108 Å². The predicted molar refractivity (Wildman–Crippen MR) is 113 cm³/mol. The third-order valence-electron chi connectivity index (χ3n) is 4.85. The van der Waals surface area contributed by atoms with Gasteiger partial charge in [0.15, 0.2) is 0 Å². The molecule has 0 unspecified atom stereocenters. The van der Waals surface area contributed by atoms with Gasteiger partial charge in [-0.3, -0.25) is 9.88 Å². The van der Waals surface area contributed by atoms with Gasteiger partial charge in [-0.15, -0.1) is 0 Å². The van der Waals surface area contributed by atoms with Crippen LogP contribution in [0.25, 0.3) is 0 Å². The van der Waals surface area contributed by atoms with E-state index in [0.717, 1.165) is 0 Å². The molecule has 0 fully saturated rings. The van der Waals surface area contributed by atoms with Gasteiger partial charge in [0.05, 0.1) is 5.69 Å². The Morgan fingerprint density at radius 3 is 1.53 bits per heavy atom. The Hall–Kier alpha value is -1.49. The van der Waals surface area contributed by atoms with Crippen molar-refractivity contribution < 1.29 is 43.2 Å². The Morgan fingerprint density at radius 1 is 0.824 bits per heavy atom. The van der Waals surface area contributed by atoms with E-state index in [1.807, 2.05) is 0 Å². The van der Waals surface area contributed by atoms with E-state index < -0.39 is 55.0 Å². The maximum Gasteiger partial charge on any atom is 0.511 e. The van der Waals surface area contributed by atoms with Gasteiger partial charge in [0.1, 0.15) is 0 Å². The number of nitrogens with zero attached hydrogens (tertiary/aromatic N) is 2. The van der Waals surface area contributed by atoms with Crippen LogP contribution in [0, 0.1) is 11.8 Å². The fourth-order valence-corrected chi connectivity index (χ4v) is 4.54. The monoisotopic (exact) mass is 542 g/mol. The Bertz CT molecular complexity index is 924. The van der Waals surface area contributed by atoms with Crippen molar-refractivity contribution in [2.45, 2.75) is 57.3 Å². The molecule has 0 aliphatic heterocycles. The Labute approximate surface area is 195 Å². The molecule has 0 aromatic carbocycles. The predicted octanol–water partition coefficient (Wildman–Crippen LogP) is 2.81. The molecular weight excluding hydrogens is 514 g/mol. The molecule has 34 heavy (non-hydrogen) atoms. The van der Waals surface area contributed by atoms with E-state index >= 15 is 0 Å². The summed E-state index contributed by atoms with van der Waals surface area (Å²) >= 11 is 0. The summed E-state index contributed by atoms with van der Waals surface area (Å²) in [6.45, 7) is 5.06. The Morgan fingerprint density at radius 2 is 1.24 bits per heavy atom. The van der Waals surface area contributed by atoms with Gasteiger partial charge >= 0.3 is 31.1 Å². The summed E-state index contributed by atoms with van der Waals surface area (Å²) in [7, 11) is -11.4. The van der Waals surface area contributed by atoms with Gasteiger partial charge in [0, 0.05) is 37.9 Å². The Kier molecular flexibility index (Phi) is 10.3. The van der Waals surface area contributed by atoms with E-state index in [1.165, 1.54) is 38.8 Å². The fraction of sp³-hybridized carbons (Fsp3) is 0.722. The number of pyridine rings is 1. The summed E-state index contributed by atoms with van der Waals surface area (Å²) in [5.74, 6) is -1.29. The van der Waals surface area contributed by atoms with E-state index in [0.29, 0.717) is 5.69 Å². The molecule has 1 rings (SSSR count). The lowest BCUT2D eigenvalue weighted by Gasteiger charge is -2.34. The van der Waals surface area contributed by atoms with Gasteiger partial charge in [-0.1, -0.05) is 33.8 Å². The van der Waals surface area contributed by atoms with Crippen molar-refractivity contribution in [3.05, 3.63) is 30.1 Å². The van der Waals surface area contributed by atoms with Crippen LogP contribution in [0.2, 0.25) is 0 Å². The number of rotatable bonds is 12. The molecule has 16 heteroatoms. The number of sulfonamides is 2. The van der Waals surface area contributed by atoms with Gasteiger partial charge in [0.25, 0.3) is 0 Å². The lowest BCUT2D eigenvalue weighted by molar-refractivity contribution is -0.0457. The van der Waals surface area contributed by atoms with E-state index in [-0.39, 0.29) is 19.6 Å². The number of aromatic nitrogens is 1. The zero-order valence-electron chi connectivity index (χ0n) is 18.9. The standard InChI is InChI=1S/C18H28F6N4O4S2/c1-12(2)15(26-33(29,30)17(19,20)21)10-28(9-14-7-5-6-8-25-14)11-16(13(3)4)27-34(31,32)18(22,23)24/h5-8,12-13,15-16,26-27H,9-11H2,1-4H3/t15-,16-/m1/s1. The highest BCUT2D eigenvalue weighted by molar-refractivity contribution is 7.90. The maximum absolute atomic E-state index is 12.9. The second kappa shape index (κ2) is 11.5. The lowest BCUT2D eigenvalue weighted by atomic mass is 10.0. The number of hydrogen-bond donors (Lipinski definition) is 2. The fourth-order valence-electron chi connectivity index (χ4n) is 2.78. The second-order valence-electron chi connectivity index (χ2n) is 8.35. The summed E-state index contributed by atoms with van der Waals surface area (Å²) in [6, 6.07) is 2.18. The molecule has 2 atom stereocenters. The lowest BCUT2D eigenvalue weighted by Crippen LogP contribution is -2.54. The van der Waals surface area contributed by atoms with Crippen LogP contribution in [0.1, 0.15) is 33.4 Å². The molecule has 0 bridgehead atoms. The first kappa shape index (κ1) is 30.5.